The van der Waals surface area contributed by atoms with E-state index in [0.717, 1.165) is 13.0 Å². The average molecular weight is 221 g/mol. The maximum Gasteiger partial charge on any atom is 0.318 e. The Morgan fingerprint density at radius 3 is 2.64 bits per heavy atom. The Hall–Kier alpha value is -0.620. The molecular weight excluding hydrogens is 206 g/mol. The van der Waals surface area contributed by atoms with E-state index in [2.05, 4.69) is 5.32 Å². The van der Waals surface area contributed by atoms with E-state index in [1.807, 2.05) is 0 Å². The molecule has 14 heavy (non-hydrogen) atoms. The van der Waals surface area contributed by atoms with Crippen molar-refractivity contribution in [3.63, 3.8) is 0 Å². The van der Waals surface area contributed by atoms with Gasteiger partial charge >= 0.3 is 5.97 Å². The highest BCUT2D eigenvalue weighted by Crippen LogP contribution is 2.25. The predicted molar refractivity (Wildman–Crippen MR) is 51.9 cm³/mol. The zero-order valence-electron chi connectivity index (χ0n) is 8.12. The molecule has 0 bridgehead atoms. The van der Waals surface area contributed by atoms with Gasteiger partial charge in [0, 0.05) is 6.54 Å². The zero-order chi connectivity index (χ0) is 10.8. The second kappa shape index (κ2) is 3.86. The summed E-state index contributed by atoms with van der Waals surface area (Å²) in [5.41, 5.74) is 0. The molecule has 0 amide bonds. The van der Waals surface area contributed by atoms with Gasteiger partial charge < -0.3 is 10.4 Å². The molecule has 1 aliphatic heterocycles. The molecule has 0 aliphatic carbocycles. The molecule has 1 saturated heterocycles. The van der Waals surface area contributed by atoms with Gasteiger partial charge in [-0.15, -0.1) is 0 Å². The highest BCUT2D eigenvalue weighted by molar-refractivity contribution is 7.93. The lowest BCUT2D eigenvalue weighted by Gasteiger charge is -2.32. The quantitative estimate of drug-likeness (QED) is 0.679. The van der Waals surface area contributed by atoms with Gasteiger partial charge in [-0.3, -0.25) is 4.79 Å². The van der Waals surface area contributed by atoms with Crippen LogP contribution in [0.2, 0.25) is 0 Å². The summed E-state index contributed by atoms with van der Waals surface area (Å²) in [6.45, 7) is 2.76. The monoisotopic (exact) mass is 221 g/mol. The van der Waals surface area contributed by atoms with E-state index in [9.17, 15) is 13.2 Å². The third-order valence-electron chi connectivity index (χ3n) is 2.62. The lowest BCUT2D eigenvalue weighted by Crippen LogP contribution is -2.50. The van der Waals surface area contributed by atoms with Gasteiger partial charge in [0.2, 0.25) is 0 Å². The Labute approximate surface area is 83.4 Å². The molecule has 82 valence electrons. The van der Waals surface area contributed by atoms with Crippen molar-refractivity contribution in [1.29, 1.82) is 0 Å². The molecule has 1 unspecified atom stereocenters. The molecule has 0 aromatic heterocycles. The fraction of sp³-hybridized carbons (Fsp3) is 0.875. The second-order valence-corrected chi connectivity index (χ2v) is 6.39. The summed E-state index contributed by atoms with van der Waals surface area (Å²) in [4.78, 5) is 10.4. The van der Waals surface area contributed by atoms with Crippen LogP contribution in [0.25, 0.3) is 0 Å². The van der Waals surface area contributed by atoms with Crippen LogP contribution in [0.4, 0.5) is 0 Å². The summed E-state index contributed by atoms with van der Waals surface area (Å²) < 4.78 is 22.5. The van der Waals surface area contributed by atoms with Gasteiger partial charge in [-0.2, -0.15) is 0 Å². The maximum absolute atomic E-state index is 11.7. The predicted octanol–water partition coefficient (Wildman–Crippen LogP) is -0.372. The molecule has 0 spiro atoms. The Balaban J connectivity index is 2.84. The number of nitrogens with one attached hydrogen (secondary N) is 1. The van der Waals surface area contributed by atoms with E-state index >= 15 is 0 Å². The van der Waals surface area contributed by atoms with Gasteiger partial charge in [-0.25, -0.2) is 8.42 Å². The fourth-order valence-electron chi connectivity index (χ4n) is 1.63. The van der Waals surface area contributed by atoms with Gasteiger partial charge in [0.25, 0.3) is 0 Å². The number of hydrogen-bond acceptors (Lipinski definition) is 4. The molecule has 1 aliphatic rings. The fourth-order valence-corrected chi connectivity index (χ4v) is 3.08. The van der Waals surface area contributed by atoms with Crippen molar-refractivity contribution in [2.24, 2.45) is 0 Å². The van der Waals surface area contributed by atoms with Crippen molar-refractivity contribution in [2.45, 2.75) is 24.5 Å². The number of carboxylic acid groups (broad SMARTS) is 1. The molecule has 1 heterocycles. The summed E-state index contributed by atoms with van der Waals surface area (Å²) in [5, 5.41) is 11.5. The third kappa shape index (κ3) is 2.24. The van der Waals surface area contributed by atoms with Crippen LogP contribution in [0.3, 0.4) is 0 Å². The lowest BCUT2D eigenvalue weighted by molar-refractivity contribution is -0.134. The van der Waals surface area contributed by atoms with E-state index in [0.29, 0.717) is 13.0 Å². The highest BCUT2D eigenvalue weighted by Gasteiger charge is 2.41. The number of aliphatic carboxylic acids is 1. The molecule has 1 rings (SSSR count). The van der Waals surface area contributed by atoms with Crippen molar-refractivity contribution in [3.05, 3.63) is 0 Å². The van der Waals surface area contributed by atoms with E-state index in [-0.39, 0.29) is 0 Å². The van der Waals surface area contributed by atoms with Crippen LogP contribution in [0.15, 0.2) is 0 Å². The molecule has 2 N–H and O–H groups in total. The minimum Gasteiger partial charge on any atom is -0.480 e. The van der Waals surface area contributed by atoms with Crippen LogP contribution >= 0.6 is 0 Å². The Kier molecular flexibility index (Phi) is 3.16. The maximum atomic E-state index is 11.7. The zero-order valence-corrected chi connectivity index (χ0v) is 8.93. The number of hydrogen-bond donors (Lipinski definition) is 2. The SMILES string of the molecule is CC1(S(=O)(=O)CC(=O)O)CCCNC1. The van der Waals surface area contributed by atoms with E-state index in [1.165, 1.54) is 0 Å². The Bertz CT molecular complexity index is 316. The van der Waals surface area contributed by atoms with Crippen molar-refractivity contribution in [1.82, 2.24) is 5.32 Å². The molecule has 0 aromatic carbocycles. The minimum atomic E-state index is -3.54. The first-order chi connectivity index (χ1) is 6.37. The summed E-state index contributed by atoms with van der Waals surface area (Å²) >= 11 is 0. The van der Waals surface area contributed by atoms with E-state index in [1.54, 1.807) is 6.92 Å². The molecule has 6 heteroatoms. The average Bonchev–Trinajstić information content (AvgIpc) is 2.02. The molecule has 1 atom stereocenters. The summed E-state index contributed by atoms with van der Waals surface area (Å²) in [5.74, 6) is -2.05. The number of carboxylic acids is 1. The molecule has 0 aromatic rings. The second-order valence-electron chi connectivity index (χ2n) is 3.88. The van der Waals surface area contributed by atoms with Crippen LogP contribution in [-0.2, 0) is 14.6 Å². The normalized spacial score (nSPS) is 28.6. The van der Waals surface area contributed by atoms with Crippen LogP contribution < -0.4 is 5.32 Å². The summed E-state index contributed by atoms with van der Waals surface area (Å²) in [7, 11) is -3.54. The van der Waals surface area contributed by atoms with Crippen molar-refractivity contribution >= 4 is 15.8 Å². The van der Waals surface area contributed by atoms with Crippen molar-refractivity contribution < 1.29 is 18.3 Å². The van der Waals surface area contributed by atoms with E-state index in [4.69, 9.17) is 5.11 Å². The summed E-state index contributed by atoms with van der Waals surface area (Å²) in [6, 6.07) is 0. The molecule has 1 fully saturated rings. The van der Waals surface area contributed by atoms with Crippen LogP contribution in [0.1, 0.15) is 19.8 Å². The van der Waals surface area contributed by atoms with Crippen molar-refractivity contribution in [3.8, 4) is 0 Å². The van der Waals surface area contributed by atoms with Crippen LogP contribution in [0, 0.1) is 0 Å². The van der Waals surface area contributed by atoms with Crippen molar-refractivity contribution in [2.75, 3.05) is 18.8 Å². The standard InChI is InChI=1S/C8H15NO4S/c1-8(3-2-4-9-6-8)14(12,13)5-7(10)11/h9H,2-6H2,1H3,(H,10,11). The highest BCUT2D eigenvalue weighted by atomic mass is 32.2. The molecule has 5 nitrogen and oxygen atoms in total. The Morgan fingerprint density at radius 2 is 2.21 bits per heavy atom. The number of sulfone groups is 1. The first-order valence-electron chi connectivity index (χ1n) is 4.52. The number of rotatable bonds is 3. The number of carbonyl (C=O) groups is 1. The van der Waals surface area contributed by atoms with Gasteiger partial charge in [0.05, 0.1) is 4.75 Å². The molecule has 0 radical (unpaired) electrons. The smallest absolute Gasteiger partial charge is 0.318 e. The topological polar surface area (TPSA) is 83.5 Å². The first-order valence-corrected chi connectivity index (χ1v) is 6.17. The van der Waals surface area contributed by atoms with Gasteiger partial charge in [-0.1, -0.05) is 0 Å². The largest absolute Gasteiger partial charge is 0.480 e. The van der Waals surface area contributed by atoms with Gasteiger partial charge in [0.1, 0.15) is 5.75 Å². The Morgan fingerprint density at radius 1 is 1.57 bits per heavy atom. The van der Waals surface area contributed by atoms with Crippen LogP contribution in [0.5, 0.6) is 0 Å². The molecular formula is C8H15NO4S. The minimum absolute atomic E-state index is 0.350. The van der Waals surface area contributed by atoms with E-state index < -0.39 is 26.3 Å². The van der Waals surface area contributed by atoms with Crippen LogP contribution in [-0.4, -0.2) is 43.1 Å². The first kappa shape index (κ1) is 11.5. The number of piperidine rings is 1. The van der Waals surface area contributed by atoms with Gasteiger partial charge in [-0.05, 0) is 26.3 Å². The lowest BCUT2D eigenvalue weighted by atomic mass is 10.0. The summed E-state index contributed by atoms with van der Waals surface area (Å²) in [6.07, 6.45) is 1.31. The third-order valence-corrected chi connectivity index (χ3v) is 5.10. The molecule has 0 saturated carbocycles. The van der Waals surface area contributed by atoms with Gasteiger partial charge in [0.15, 0.2) is 9.84 Å².